The number of rotatable bonds is 4. The first-order valence-electron chi connectivity index (χ1n) is 7.49. The van der Waals surface area contributed by atoms with Gasteiger partial charge in [-0.25, -0.2) is 0 Å². The van der Waals surface area contributed by atoms with Gasteiger partial charge in [-0.1, -0.05) is 23.2 Å². The fourth-order valence-corrected chi connectivity index (χ4v) is 3.45. The van der Waals surface area contributed by atoms with Crippen molar-refractivity contribution in [2.24, 2.45) is 0 Å². The van der Waals surface area contributed by atoms with Gasteiger partial charge >= 0.3 is 5.97 Å². The first-order valence-corrected chi connectivity index (χ1v) is 8.25. The third kappa shape index (κ3) is 3.36. The van der Waals surface area contributed by atoms with Gasteiger partial charge in [-0.15, -0.1) is 0 Å². The number of nitrogens with one attached hydrogen (secondary N) is 2. The van der Waals surface area contributed by atoms with Crippen LogP contribution >= 0.6 is 23.2 Å². The first-order chi connectivity index (χ1) is 11.4. The fraction of sp³-hybridized carbons (Fsp3) is 0.375. The highest BCUT2D eigenvalue weighted by Crippen LogP contribution is 2.31. The molecule has 2 heterocycles. The summed E-state index contributed by atoms with van der Waals surface area (Å²) in [5.74, 6) is -1.40. The van der Waals surface area contributed by atoms with Gasteiger partial charge in [-0.3, -0.25) is 9.59 Å². The number of halogens is 2. The van der Waals surface area contributed by atoms with E-state index in [4.69, 9.17) is 27.9 Å². The summed E-state index contributed by atoms with van der Waals surface area (Å²) in [5, 5.41) is 13.5. The Hall–Kier alpha value is -1.76. The van der Waals surface area contributed by atoms with E-state index in [-0.39, 0.29) is 17.1 Å². The number of fused-ring (bicyclic) bond motifs is 1. The van der Waals surface area contributed by atoms with Crippen molar-refractivity contribution in [3.05, 3.63) is 33.9 Å². The maximum atomic E-state index is 12.7. The van der Waals surface area contributed by atoms with Gasteiger partial charge in [0.05, 0.1) is 17.0 Å². The molecular weight excluding hydrogens is 355 g/mol. The summed E-state index contributed by atoms with van der Waals surface area (Å²) >= 11 is 12.3. The van der Waals surface area contributed by atoms with Crippen molar-refractivity contribution < 1.29 is 19.4 Å². The summed E-state index contributed by atoms with van der Waals surface area (Å²) in [6, 6.07) is 5.11. The molecule has 6 nitrogen and oxygen atoms in total. The van der Waals surface area contributed by atoms with Crippen molar-refractivity contribution in [3.63, 3.8) is 0 Å². The van der Waals surface area contributed by atoms with Crippen LogP contribution in [-0.4, -0.2) is 40.7 Å². The summed E-state index contributed by atoms with van der Waals surface area (Å²) < 4.78 is 5.29. The van der Waals surface area contributed by atoms with Gasteiger partial charge in [0, 0.05) is 29.1 Å². The van der Waals surface area contributed by atoms with Crippen LogP contribution in [0.4, 0.5) is 0 Å². The van der Waals surface area contributed by atoms with Gasteiger partial charge in [-0.2, -0.15) is 0 Å². The molecule has 0 spiro atoms. The van der Waals surface area contributed by atoms with Crippen LogP contribution in [-0.2, 0) is 9.53 Å². The van der Waals surface area contributed by atoms with Gasteiger partial charge in [0.15, 0.2) is 0 Å². The molecule has 3 N–H and O–H groups in total. The molecule has 1 aliphatic rings. The van der Waals surface area contributed by atoms with Crippen molar-refractivity contribution in [3.8, 4) is 0 Å². The number of aromatic amines is 1. The van der Waals surface area contributed by atoms with Gasteiger partial charge in [-0.05, 0) is 31.0 Å². The Bertz CT molecular complexity index is 797. The van der Waals surface area contributed by atoms with Crippen LogP contribution in [0.25, 0.3) is 10.9 Å². The molecule has 1 saturated heterocycles. The lowest BCUT2D eigenvalue weighted by Gasteiger charge is -2.36. The van der Waals surface area contributed by atoms with E-state index in [9.17, 15) is 14.7 Å². The number of carboxylic acid groups (broad SMARTS) is 1. The molecule has 2 aromatic rings. The van der Waals surface area contributed by atoms with Crippen LogP contribution in [0.15, 0.2) is 18.2 Å². The van der Waals surface area contributed by atoms with Crippen LogP contribution < -0.4 is 5.32 Å². The second-order valence-electron chi connectivity index (χ2n) is 5.92. The molecule has 1 aromatic heterocycles. The summed E-state index contributed by atoms with van der Waals surface area (Å²) in [7, 11) is 0. The zero-order valence-corrected chi connectivity index (χ0v) is 14.2. The number of carbonyl (C=O) groups excluding carboxylic acids is 1. The predicted octanol–water partition coefficient (Wildman–Crippen LogP) is 3.23. The highest BCUT2D eigenvalue weighted by Gasteiger charge is 2.37. The van der Waals surface area contributed by atoms with Crippen molar-refractivity contribution in [2.75, 3.05) is 13.2 Å². The van der Waals surface area contributed by atoms with Crippen LogP contribution in [0.2, 0.25) is 10.0 Å². The zero-order valence-electron chi connectivity index (χ0n) is 12.7. The lowest BCUT2D eigenvalue weighted by Crippen LogP contribution is -2.53. The Morgan fingerprint density at radius 1 is 1.29 bits per heavy atom. The number of aromatic nitrogens is 1. The molecule has 3 rings (SSSR count). The number of benzene rings is 1. The molecular formula is C16H16Cl2N2O4. The minimum absolute atomic E-state index is 0.161. The topological polar surface area (TPSA) is 91.4 Å². The molecule has 1 amide bonds. The van der Waals surface area contributed by atoms with Crippen molar-refractivity contribution in [2.45, 2.75) is 24.8 Å². The number of hydrogen-bond donors (Lipinski definition) is 3. The lowest BCUT2D eigenvalue weighted by molar-refractivity contribution is -0.139. The highest BCUT2D eigenvalue weighted by molar-refractivity contribution is 6.39. The highest BCUT2D eigenvalue weighted by atomic mass is 35.5. The number of carboxylic acids is 1. The summed E-state index contributed by atoms with van der Waals surface area (Å²) in [6.07, 6.45) is 0.717. The molecule has 0 radical (unpaired) electrons. The molecule has 1 aliphatic heterocycles. The van der Waals surface area contributed by atoms with E-state index in [0.717, 1.165) is 0 Å². The average molecular weight is 371 g/mol. The minimum atomic E-state index is -0.966. The van der Waals surface area contributed by atoms with E-state index >= 15 is 0 Å². The summed E-state index contributed by atoms with van der Waals surface area (Å²) in [5.41, 5.74) is 0.0541. The Kier molecular flexibility index (Phi) is 4.71. The van der Waals surface area contributed by atoms with Gasteiger partial charge in [0.25, 0.3) is 5.91 Å². The lowest BCUT2D eigenvalue weighted by atomic mass is 9.86. The third-order valence-corrected chi connectivity index (χ3v) is 4.87. The van der Waals surface area contributed by atoms with Crippen molar-refractivity contribution in [1.29, 1.82) is 0 Å². The molecule has 1 aromatic carbocycles. The number of H-pyrrole nitrogens is 1. The molecule has 24 heavy (non-hydrogen) atoms. The SMILES string of the molecule is O=C(O)CC1(NC(=O)c2[nH]c3ccc(Cl)cc3c2Cl)CCOCC1. The quantitative estimate of drug-likeness (QED) is 0.770. The number of hydrogen-bond acceptors (Lipinski definition) is 3. The number of amides is 1. The standard InChI is InChI=1S/C16H16Cl2N2O4/c17-9-1-2-11-10(7-9)13(18)14(19-11)15(23)20-16(8-12(21)22)3-5-24-6-4-16/h1-2,7,19H,3-6,8H2,(H,20,23)(H,21,22). The van der Waals surface area contributed by atoms with E-state index in [2.05, 4.69) is 10.3 Å². The molecule has 0 unspecified atom stereocenters. The maximum Gasteiger partial charge on any atom is 0.305 e. The molecule has 128 valence electrons. The average Bonchev–Trinajstić information content (AvgIpc) is 2.84. The Morgan fingerprint density at radius 3 is 2.67 bits per heavy atom. The summed E-state index contributed by atoms with van der Waals surface area (Å²) in [6.45, 7) is 0.813. The van der Waals surface area contributed by atoms with Gasteiger partial charge < -0.3 is 20.1 Å². The van der Waals surface area contributed by atoms with Gasteiger partial charge in [0.2, 0.25) is 0 Å². The van der Waals surface area contributed by atoms with Crippen LogP contribution in [0.3, 0.4) is 0 Å². The molecule has 8 heteroatoms. The first kappa shape index (κ1) is 17.1. The van der Waals surface area contributed by atoms with Crippen LogP contribution in [0.5, 0.6) is 0 Å². The van der Waals surface area contributed by atoms with Crippen molar-refractivity contribution in [1.82, 2.24) is 10.3 Å². The monoisotopic (exact) mass is 370 g/mol. The zero-order chi connectivity index (χ0) is 17.3. The smallest absolute Gasteiger partial charge is 0.305 e. The number of carbonyl (C=O) groups is 2. The Labute approximate surface area is 148 Å². The van der Waals surface area contributed by atoms with Crippen molar-refractivity contribution >= 4 is 46.0 Å². The van der Waals surface area contributed by atoms with Crippen LogP contribution in [0.1, 0.15) is 29.8 Å². The minimum Gasteiger partial charge on any atom is -0.481 e. The Morgan fingerprint density at radius 2 is 2.00 bits per heavy atom. The largest absolute Gasteiger partial charge is 0.481 e. The number of aliphatic carboxylic acids is 1. The summed E-state index contributed by atoms with van der Waals surface area (Å²) in [4.78, 5) is 26.8. The fourth-order valence-electron chi connectivity index (χ4n) is 2.99. The predicted molar refractivity (Wildman–Crippen MR) is 90.8 cm³/mol. The molecule has 0 aliphatic carbocycles. The van der Waals surface area contributed by atoms with Crippen LogP contribution in [0, 0.1) is 0 Å². The Balaban J connectivity index is 1.90. The molecule has 0 bridgehead atoms. The molecule has 0 atom stereocenters. The third-order valence-electron chi connectivity index (χ3n) is 4.24. The molecule has 0 saturated carbocycles. The second kappa shape index (κ2) is 6.63. The van der Waals surface area contributed by atoms with E-state index < -0.39 is 17.4 Å². The van der Waals surface area contributed by atoms with Gasteiger partial charge in [0.1, 0.15) is 5.69 Å². The van der Waals surface area contributed by atoms with E-state index in [0.29, 0.717) is 42.0 Å². The number of ether oxygens (including phenoxy) is 1. The maximum absolute atomic E-state index is 12.7. The normalized spacial score (nSPS) is 16.9. The second-order valence-corrected chi connectivity index (χ2v) is 6.74. The van der Waals surface area contributed by atoms with E-state index in [1.807, 2.05) is 0 Å². The van der Waals surface area contributed by atoms with E-state index in [1.165, 1.54) is 0 Å². The molecule has 1 fully saturated rings. The van der Waals surface area contributed by atoms with E-state index in [1.54, 1.807) is 18.2 Å².